The first-order valence-electron chi connectivity index (χ1n) is 4.73. The van der Waals surface area contributed by atoms with Crippen LogP contribution in [0.5, 0.6) is 0 Å². The molecule has 0 amide bonds. The Balaban J connectivity index is 3.55. The zero-order chi connectivity index (χ0) is 11.0. The first kappa shape index (κ1) is 12.9. The van der Waals surface area contributed by atoms with Gasteiger partial charge in [0.1, 0.15) is 6.42 Å². The van der Waals surface area contributed by atoms with E-state index in [0.29, 0.717) is 6.42 Å². The van der Waals surface area contributed by atoms with E-state index in [-0.39, 0.29) is 0 Å². The predicted octanol–water partition coefficient (Wildman–Crippen LogP) is 0.869. The first-order valence-corrected chi connectivity index (χ1v) is 4.73. The van der Waals surface area contributed by atoms with Crippen molar-refractivity contribution >= 4 is 11.9 Å². The lowest BCUT2D eigenvalue weighted by Crippen LogP contribution is -2.28. The summed E-state index contributed by atoms with van der Waals surface area (Å²) in [7, 11) is 0. The number of carboxylic acids is 1. The van der Waals surface area contributed by atoms with Crippen LogP contribution < -0.4 is 5.73 Å². The van der Waals surface area contributed by atoms with Gasteiger partial charge in [-0.15, -0.1) is 0 Å². The molecule has 82 valence electrons. The van der Waals surface area contributed by atoms with Gasteiger partial charge in [0.25, 0.3) is 0 Å². The Hall–Kier alpha value is -1.10. The van der Waals surface area contributed by atoms with Gasteiger partial charge < -0.3 is 9.84 Å². The maximum absolute atomic E-state index is 10.8. The number of nitrogens with two attached hydrogens (primary N) is 1. The van der Waals surface area contributed by atoms with Gasteiger partial charge in [-0.05, 0) is 12.8 Å². The van der Waals surface area contributed by atoms with Crippen LogP contribution >= 0.6 is 0 Å². The Morgan fingerprint density at radius 3 is 2.57 bits per heavy atom. The summed E-state index contributed by atoms with van der Waals surface area (Å²) in [6.07, 6.45) is 2.27. The van der Waals surface area contributed by atoms with Crippen molar-refractivity contribution in [2.24, 2.45) is 5.73 Å². The van der Waals surface area contributed by atoms with Crippen LogP contribution in [0.3, 0.4) is 0 Å². The maximum Gasteiger partial charge on any atom is 0.318 e. The van der Waals surface area contributed by atoms with E-state index in [2.05, 4.69) is 11.7 Å². The minimum absolute atomic E-state index is 0.583. The highest BCUT2D eigenvalue weighted by Gasteiger charge is 2.12. The number of hydrogen-bond donors (Lipinski definition) is 2. The fourth-order valence-electron chi connectivity index (χ4n) is 0.988. The number of esters is 1. The van der Waals surface area contributed by atoms with Crippen molar-refractivity contribution in [1.29, 1.82) is 0 Å². The van der Waals surface area contributed by atoms with Gasteiger partial charge in [0.05, 0.1) is 0 Å². The minimum Gasteiger partial charge on any atom is -0.481 e. The summed E-state index contributed by atoms with van der Waals surface area (Å²) in [6, 6.07) is 0. The Bertz CT molecular complexity index is 193. The van der Waals surface area contributed by atoms with Gasteiger partial charge in [-0.3, -0.25) is 15.3 Å². The second-order valence-corrected chi connectivity index (χ2v) is 3.09. The fraction of sp³-hybridized carbons (Fsp3) is 0.778. The maximum atomic E-state index is 10.8. The van der Waals surface area contributed by atoms with E-state index in [1.165, 1.54) is 0 Å². The van der Waals surface area contributed by atoms with E-state index in [1.54, 1.807) is 0 Å². The molecule has 5 nitrogen and oxygen atoms in total. The first-order chi connectivity index (χ1) is 6.56. The van der Waals surface area contributed by atoms with Gasteiger partial charge in [0.15, 0.2) is 6.23 Å². The third-order valence-corrected chi connectivity index (χ3v) is 1.67. The van der Waals surface area contributed by atoms with Crippen molar-refractivity contribution < 1.29 is 19.4 Å². The van der Waals surface area contributed by atoms with Gasteiger partial charge in [0, 0.05) is 0 Å². The minimum atomic E-state index is -1.20. The number of carbonyl (C=O) groups excluding carboxylic acids is 1. The number of aliphatic carboxylic acids is 1. The average molecular weight is 203 g/mol. The van der Waals surface area contributed by atoms with E-state index < -0.39 is 24.6 Å². The highest BCUT2D eigenvalue weighted by Crippen LogP contribution is 2.03. The molecule has 0 saturated carbocycles. The van der Waals surface area contributed by atoms with Crippen LogP contribution in [0.15, 0.2) is 0 Å². The average Bonchev–Trinajstić information content (AvgIpc) is 2.02. The summed E-state index contributed by atoms with van der Waals surface area (Å²) in [5.41, 5.74) is 5.46. The smallest absolute Gasteiger partial charge is 0.318 e. The monoisotopic (exact) mass is 203 g/mol. The molecule has 1 atom stereocenters. The molecule has 0 aromatic heterocycles. The molecular weight excluding hydrogens is 186 g/mol. The van der Waals surface area contributed by atoms with Crippen LogP contribution in [0.4, 0.5) is 0 Å². The topological polar surface area (TPSA) is 89.6 Å². The van der Waals surface area contributed by atoms with Crippen LogP contribution in [0.2, 0.25) is 0 Å². The van der Waals surface area contributed by atoms with Gasteiger partial charge >= 0.3 is 11.9 Å². The van der Waals surface area contributed by atoms with E-state index >= 15 is 0 Å². The Morgan fingerprint density at radius 2 is 2.07 bits per heavy atom. The van der Waals surface area contributed by atoms with E-state index in [9.17, 15) is 9.59 Å². The van der Waals surface area contributed by atoms with E-state index in [1.807, 2.05) is 0 Å². The summed E-state index contributed by atoms with van der Waals surface area (Å²) < 4.78 is 4.67. The molecule has 3 N–H and O–H groups in total. The number of ether oxygens (including phenoxy) is 1. The molecule has 0 saturated heterocycles. The van der Waals surface area contributed by atoms with Gasteiger partial charge in [-0.1, -0.05) is 19.8 Å². The molecule has 5 heteroatoms. The third kappa shape index (κ3) is 7.54. The molecule has 0 radical (unpaired) electrons. The molecule has 0 aromatic carbocycles. The lowest BCUT2D eigenvalue weighted by Gasteiger charge is -2.11. The van der Waals surface area contributed by atoms with Crippen LogP contribution in [0.25, 0.3) is 0 Å². The summed E-state index contributed by atoms with van der Waals surface area (Å²) in [5.74, 6) is -1.97. The lowest BCUT2D eigenvalue weighted by molar-refractivity contribution is -0.155. The highest BCUT2D eigenvalue weighted by atomic mass is 16.6. The standard InChI is InChI=1S/C9H17NO4/c1-2-3-4-5-7(10)14-9(13)6-8(11)12/h7H,2-6,10H2,1H3,(H,11,12). The fourth-order valence-corrected chi connectivity index (χ4v) is 0.988. The summed E-state index contributed by atoms with van der Waals surface area (Å²) >= 11 is 0. The molecule has 0 heterocycles. The van der Waals surface area contributed by atoms with Crippen LogP contribution in [0, 0.1) is 0 Å². The molecule has 0 aromatic rings. The van der Waals surface area contributed by atoms with Gasteiger partial charge in [0.2, 0.25) is 0 Å². The van der Waals surface area contributed by atoms with E-state index in [0.717, 1.165) is 19.3 Å². The van der Waals surface area contributed by atoms with Crippen molar-refractivity contribution in [3.05, 3.63) is 0 Å². The molecule has 0 spiro atoms. The number of carboxylic acid groups (broad SMARTS) is 1. The normalized spacial score (nSPS) is 12.1. The van der Waals surface area contributed by atoms with Crippen molar-refractivity contribution in [3.63, 3.8) is 0 Å². The second kappa shape index (κ2) is 7.32. The molecule has 0 rings (SSSR count). The van der Waals surface area contributed by atoms with Gasteiger partial charge in [-0.25, -0.2) is 0 Å². The van der Waals surface area contributed by atoms with Crippen molar-refractivity contribution in [1.82, 2.24) is 0 Å². The molecule has 0 bridgehead atoms. The van der Waals surface area contributed by atoms with Crippen LogP contribution in [-0.2, 0) is 14.3 Å². The zero-order valence-electron chi connectivity index (χ0n) is 8.36. The zero-order valence-corrected chi connectivity index (χ0v) is 8.36. The molecule has 0 aliphatic heterocycles. The molecule has 0 fully saturated rings. The van der Waals surface area contributed by atoms with Crippen molar-refractivity contribution in [3.8, 4) is 0 Å². The van der Waals surface area contributed by atoms with Crippen molar-refractivity contribution in [2.75, 3.05) is 0 Å². The summed E-state index contributed by atoms with van der Waals surface area (Å²) in [5, 5.41) is 8.27. The number of rotatable bonds is 7. The highest BCUT2D eigenvalue weighted by molar-refractivity contribution is 5.90. The SMILES string of the molecule is CCCCCC(N)OC(=O)CC(=O)O. The number of hydrogen-bond acceptors (Lipinski definition) is 4. The van der Waals surface area contributed by atoms with Crippen molar-refractivity contribution in [2.45, 2.75) is 45.3 Å². The Kier molecular flexibility index (Phi) is 6.74. The number of unbranched alkanes of at least 4 members (excludes halogenated alkanes) is 2. The Labute approximate surface area is 83.2 Å². The third-order valence-electron chi connectivity index (χ3n) is 1.67. The predicted molar refractivity (Wildman–Crippen MR) is 50.5 cm³/mol. The number of carbonyl (C=O) groups is 2. The van der Waals surface area contributed by atoms with E-state index in [4.69, 9.17) is 10.8 Å². The largest absolute Gasteiger partial charge is 0.481 e. The second-order valence-electron chi connectivity index (χ2n) is 3.09. The molecule has 0 aliphatic rings. The molecule has 0 aliphatic carbocycles. The molecule has 14 heavy (non-hydrogen) atoms. The Morgan fingerprint density at radius 1 is 1.43 bits per heavy atom. The van der Waals surface area contributed by atoms with Crippen LogP contribution in [0.1, 0.15) is 39.0 Å². The molecule has 1 unspecified atom stereocenters. The summed E-state index contributed by atoms with van der Waals surface area (Å²) in [4.78, 5) is 20.9. The van der Waals surface area contributed by atoms with Crippen LogP contribution in [-0.4, -0.2) is 23.3 Å². The quantitative estimate of drug-likeness (QED) is 0.277. The lowest BCUT2D eigenvalue weighted by atomic mass is 10.2. The summed E-state index contributed by atoms with van der Waals surface area (Å²) in [6.45, 7) is 2.06. The molecular formula is C9H17NO4. The van der Waals surface area contributed by atoms with Gasteiger partial charge in [-0.2, -0.15) is 0 Å².